The third kappa shape index (κ3) is 10.1. The Morgan fingerprint density at radius 3 is 2.41 bits per heavy atom. The molecule has 1 amide bonds. The van der Waals surface area contributed by atoms with Crippen LogP contribution in [-0.4, -0.2) is 127 Å². The van der Waals surface area contributed by atoms with E-state index in [0.717, 1.165) is 5.56 Å². The van der Waals surface area contributed by atoms with Crippen molar-refractivity contribution < 1.29 is 43.1 Å². The number of rotatable bonds is 20. The standard InChI is InChI=1S/C33H43ClN6O9/c1-4-11-43-13-15-45-17-18-46-16-14-44-12-10-35-26(42)21-39(20-23-8-6-5-7-9-23)29-24-19-36-40(30(24)38-32(34)37-29)31-28-27(25(22-41)47-31)48-33(2,3)49-28/h1,5-9,19,25,27-28,31,41H,10-18,20-22H2,2-3H3,(H,35,42)/t25-,27-,28-,31-/m1/s1. The molecule has 0 spiro atoms. The summed E-state index contributed by atoms with van der Waals surface area (Å²) in [5.74, 6) is 1.72. The number of amides is 1. The van der Waals surface area contributed by atoms with Gasteiger partial charge in [0.1, 0.15) is 30.7 Å². The van der Waals surface area contributed by atoms with Gasteiger partial charge in [0, 0.05) is 13.1 Å². The molecule has 15 nitrogen and oxygen atoms in total. The molecule has 2 fully saturated rings. The van der Waals surface area contributed by atoms with Gasteiger partial charge in [-0.2, -0.15) is 15.1 Å². The minimum Gasteiger partial charge on any atom is -0.394 e. The SMILES string of the molecule is C#CCOCCOCCOCCOCCNC(=O)CN(Cc1ccccc1)c1nc(Cl)nc2c1cnn2[C@@H]1O[C@H](CO)[C@H]2OC(C)(C)O[C@H]21. The molecule has 2 aromatic heterocycles. The van der Waals surface area contributed by atoms with E-state index in [1.165, 1.54) is 0 Å². The Balaban J connectivity index is 1.18. The molecule has 3 aromatic rings. The van der Waals surface area contributed by atoms with Crippen molar-refractivity contribution in [2.24, 2.45) is 0 Å². The number of aliphatic hydroxyl groups excluding tert-OH is 1. The number of aromatic nitrogens is 4. The van der Waals surface area contributed by atoms with E-state index in [0.29, 0.717) is 76.2 Å². The van der Waals surface area contributed by atoms with Crippen molar-refractivity contribution in [3.63, 3.8) is 0 Å². The molecule has 266 valence electrons. The van der Waals surface area contributed by atoms with Crippen LogP contribution < -0.4 is 10.2 Å². The lowest BCUT2D eigenvalue weighted by Gasteiger charge is -2.25. The molecular weight excluding hydrogens is 660 g/mol. The zero-order chi connectivity index (χ0) is 34.6. The number of benzene rings is 1. The summed E-state index contributed by atoms with van der Waals surface area (Å²) in [6.45, 7) is 7.15. The summed E-state index contributed by atoms with van der Waals surface area (Å²) >= 11 is 6.49. The normalized spacial score (nSPS) is 21.1. The van der Waals surface area contributed by atoms with Crippen molar-refractivity contribution in [2.75, 3.05) is 77.5 Å². The minimum atomic E-state index is -0.862. The maximum Gasteiger partial charge on any atom is 0.239 e. The van der Waals surface area contributed by atoms with E-state index in [1.54, 1.807) is 10.9 Å². The first-order valence-electron chi connectivity index (χ1n) is 16.1. The number of fused-ring (bicyclic) bond motifs is 2. The van der Waals surface area contributed by atoms with Crippen LogP contribution >= 0.6 is 11.6 Å². The van der Waals surface area contributed by atoms with Gasteiger partial charge in [0.25, 0.3) is 0 Å². The minimum absolute atomic E-state index is 0.0260. The van der Waals surface area contributed by atoms with Crippen LogP contribution in [0.25, 0.3) is 11.0 Å². The van der Waals surface area contributed by atoms with Gasteiger partial charge in [0.2, 0.25) is 11.2 Å². The molecule has 2 aliphatic rings. The number of terminal acetylenes is 1. The molecule has 2 N–H and O–H groups in total. The first-order chi connectivity index (χ1) is 23.8. The van der Waals surface area contributed by atoms with Gasteiger partial charge in [-0.15, -0.1) is 6.42 Å². The smallest absolute Gasteiger partial charge is 0.239 e. The molecule has 4 heterocycles. The van der Waals surface area contributed by atoms with E-state index in [4.69, 9.17) is 51.2 Å². The van der Waals surface area contributed by atoms with Crippen LogP contribution in [0, 0.1) is 12.3 Å². The number of carbonyl (C=O) groups excluding carboxylic acids is 1. The fourth-order valence-electron chi connectivity index (χ4n) is 5.61. The van der Waals surface area contributed by atoms with Gasteiger partial charge in [-0.1, -0.05) is 36.3 Å². The third-order valence-electron chi connectivity index (χ3n) is 7.67. The molecule has 1 aromatic carbocycles. The first kappa shape index (κ1) is 36.8. The van der Waals surface area contributed by atoms with Crippen LogP contribution in [0.3, 0.4) is 0 Å². The summed E-state index contributed by atoms with van der Waals surface area (Å²) in [6.07, 6.45) is 4.33. The van der Waals surface area contributed by atoms with Crippen LogP contribution in [-0.2, 0) is 44.5 Å². The first-order valence-corrected chi connectivity index (χ1v) is 16.5. The maximum atomic E-state index is 13.2. The van der Waals surface area contributed by atoms with Gasteiger partial charge in [0.05, 0.1) is 71.0 Å². The molecule has 4 atom stereocenters. The van der Waals surface area contributed by atoms with Gasteiger partial charge in [0.15, 0.2) is 17.7 Å². The van der Waals surface area contributed by atoms with E-state index in [9.17, 15) is 9.90 Å². The molecule has 0 aliphatic carbocycles. The second-order valence-corrected chi connectivity index (χ2v) is 12.1. The number of nitrogens with zero attached hydrogens (tertiary/aromatic N) is 5. The van der Waals surface area contributed by atoms with E-state index >= 15 is 0 Å². The van der Waals surface area contributed by atoms with Crippen molar-refractivity contribution in [1.29, 1.82) is 0 Å². The van der Waals surface area contributed by atoms with Crippen LogP contribution in [0.5, 0.6) is 0 Å². The summed E-state index contributed by atoms with van der Waals surface area (Å²) in [6, 6.07) is 9.71. The fraction of sp³-hybridized carbons (Fsp3) is 0.576. The van der Waals surface area contributed by atoms with E-state index in [1.807, 2.05) is 49.1 Å². The number of halogens is 1. The quantitative estimate of drug-likeness (QED) is 0.0996. The Bertz CT molecular complexity index is 1540. The summed E-state index contributed by atoms with van der Waals surface area (Å²) in [5.41, 5.74) is 1.35. The van der Waals surface area contributed by atoms with Crippen molar-refractivity contribution in [3.8, 4) is 12.3 Å². The molecular formula is C33H43ClN6O9. The Labute approximate surface area is 290 Å². The lowest BCUT2D eigenvalue weighted by atomic mass is 10.1. The van der Waals surface area contributed by atoms with E-state index < -0.39 is 30.3 Å². The molecule has 0 saturated carbocycles. The predicted molar refractivity (Wildman–Crippen MR) is 178 cm³/mol. The third-order valence-corrected chi connectivity index (χ3v) is 7.84. The average Bonchev–Trinajstić information content (AvgIpc) is 3.74. The summed E-state index contributed by atoms with van der Waals surface area (Å²) in [5, 5.41) is 18.0. The Morgan fingerprint density at radius 1 is 1.04 bits per heavy atom. The molecule has 0 radical (unpaired) electrons. The number of hydrogen-bond donors (Lipinski definition) is 2. The Kier molecular flexibility index (Phi) is 13.5. The van der Waals surface area contributed by atoms with Crippen LogP contribution in [0.1, 0.15) is 25.6 Å². The molecule has 49 heavy (non-hydrogen) atoms. The molecule has 16 heteroatoms. The lowest BCUT2D eigenvalue weighted by Crippen LogP contribution is -2.39. The predicted octanol–water partition coefficient (Wildman–Crippen LogP) is 1.71. The fourth-order valence-corrected chi connectivity index (χ4v) is 5.77. The largest absolute Gasteiger partial charge is 0.394 e. The highest BCUT2D eigenvalue weighted by Gasteiger charge is 2.56. The second kappa shape index (κ2) is 18.0. The van der Waals surface area contributed by atoms with Gasteiger partial charge in [-0.3, -0.25) is 4.79 Å². The van der Waals surface area contributed by atoms with Crippen LogP contribution in [0.4, 0.5) is 5.82 Å². The van der Waals surface area contributed by atoms with Crippen molar-refractivity contribution in [1.82, 2.24) is 25.1 Å². The topological polar surface area (TPSA) is 161 Å². The number of nitrogens with one attached hydrogen (secondary N) is 1. The van der Waals surface area contributed by atoms with Gasteiger partial charge < -0.3 is 48.5 Å². The maximum absolute atomic E-state index is 13.2. The van der Waals surface area contributed by atoms with Gasteiger partial charge >= 0.3 is 0 Å². The summed E-state index contributed by atoms with van der Waals surface area (Å²) < 4.78 is 41.4. The highest BCUT2D eigenvalue weighted by atomic mass is 35.5. The van der Waals surface area contributed by atoms with Crippen molar-refractivity contribution >= 4 is 34.4 Å². The number of carbonyl (C=O) groups is 1. The summed E-state index contributed by atoms with van der Waals surface area (Å²) in [7, 11) is 0. The Morgan fingerprint density at radius 2 is 1.71 bits per heavy atom. The zero-order valence-corrected chi connectivity index (χ0v) is 28.4. The summed E-state index contributed by atoms with van der Waals surface area (Å²) in [4.78, 5) is 24.0. The molecule has 2 aliphatic heterocycles. The molecule has 0 bridgehead atoms. The number of ether oxygens (including phenoxy) is 7. The van der Waals surface area contributed by atoms with E-state index in [-0.39, 0.29) is 30.9 Å². The van der Waals surface area contributed by atoms with Crippen LogP contribution in [0.15, 0.2) is 36.5 Å². The van der Waals surface area contributed by atoms with Gasteiger partial charge in [-0.05, 0) is 31.0 Å². The monoisotopic (exact) mass is 702 g/mol. The molecule has 0 unspecified atom stereocenters. The van der Waals surface area contributed by atoms with Crippen molar-refractivity contribution in [3.05, 3.63) is 47.4 Å². The van der Waals surface area contributed by atoms with Crippen molar-refractivity contribution in [2.45, 2.75) is 50.7 Å². The van der Waals surface area contributed by atoms with E-state index in [2.05, 4.69) is 26.3 Å². The molecule has 5 rings (SSSR count). The number of hydrogen-bond acceptors (Lipinski definition) is 13. The number of anilines is 1. The van der Waals surface area contributed by atoms with Gasteiger partial charge in [-0.25, -0.2) is 4.68 Å². The highest BCUT2D eigenvalue weighted by molar-refractivity contribution is 6.28. The molecule has 2 saturated heterocycles. The average molecular weight is 703 g/mol. The zero-order valence-electron chi connectivity index (χ0n) is 27.7. The van der Waals surface area contributed by atoms with Crippen LogP contribution in [0.2, 0.25) is 5.28 Å². The Hall–Kier alpha value is -3.43. The lowest BCUT2D eigenvalue weighted by molar-refractivity contribution is -0.201. The highest BCUT2D eigenvalue weighted by Crippen LogP contribution is 2.43. The second-order valence-electron chi connectivity index (χ2n) is 11.7. The number of aliphatic hydroxyl groups is 1.